The van der Waals surface area contributed by atoms with Gasteiger partial charge in [-0.1, -0.05) is 24.3 Å². The van der Waals surface area contributed by atoms with Gasteiger partial charge < -0.3 is 20.7 Å². The molecule has 0 bridgehead atoms. The lowest BCUT2D eigenvalue weighted by Crippen LogP contribution is -2.24. The van der Waals surface area contributed by atoms with E-state index in [2.05, 4.69) is 15.0 Å². The lowest BCUT2D eigenvalue weighted by atomic mass is 10.1. The molecular weight excluding hydrogens is 366 g/mol. The number of nitrogens with two attached hydrogens (primary N) is 1. The van der Waals surface area contributed by atoms with Crippen LogP contribution in [0.15, 0.2) is 29.1 Å². The number of hydrogen-bond donors (Lipinski definition) is 4. The molecule has 1 saturated heterocycles. The average molecular weight is 385 g/mol. The Hall–Kier alpha value is -3.08. The number of nitrogens with zero attached hydrogens (tertiary/aromatic N) is 3. The molecule has 1 aliphatic rings. The first-order chi connectivity index (χ1) is 13.4. The summed E-state index contributed by atoms with van der Waals surface area (Å²) in [5.41, 5.74) is 6.66. The smallest absolute Gasteiger partial charge is 0.280 e. The molecule has 2 aromatic heterocycles. The molecular formula is C18H19N5O5. The van der Waals surface area contributed by atoms with E-state index in [9.17, 15) is 19.8 Å². The van der Waals surface area contributed by atoms with Gasteiger partial charge in [-0.05, 0) is 6.92 Å². The molecule has 0 saturated carbocycles. The van der Waals surface area contributed by atoms with E-state index in [0.29, 0.717) is 17.0 Å². The molecule has 5 N–H and O–H groups in total. The zero-order valence-electron chi connectivity index (χ0n) is 15.0. The van der Waals surface area contributed by atoms with Crippen LogP contribution in [0, 0.1) is 0 Å². The molecule has 10 heteroatoms. The largest absolute Gasteiger partial charge is 0.394 e. The first-order valence-electron chi connectivity index (χ1n) is 8.72. The Morgan fingerprint density at radius 1 is 1.36 bits per heavy atom. The molecule has 10 nitrogen and oxygen atoms in total. The van der Waals surface area contributed by atoms with Gasteiger partial charge in [-0.3, -0.25) is 19.1 Å². The quantitative estimate of drug-likeness (QED) is 0.464. The van der Waals surface area contributed by atoms with E-state index < -0.39 is 24.0 Å². The molecule has 28 heavy (non-hydrogen) atoms. The maximum atomic E-state index is 12.3. The summed E-state index contributed by atoms with van der Waals surface area (Å²) in [6.07, 6.45) is -2.15. The number of anilines is 1. The summed E-state index contributed by atoms with van der Waals surface area (Å²) in [4.78, 5) is 34.9. The molecule has 4 rings (SSSR count). The highest BCUT2D eigenvalue weighted by Gasteiger charge is 2.37. The van der Waals surface area contributed by atoms with Crippen LogP contribution in [0.4, 0.5) is 5.95 Å². The fourth-order valence-corrected chi connectivity index (χ4v) is 3.37. The SMILES string of the molecule is CC(=O)c1ccc(-c2nc3c(=O)[nH]c(N)nc3n2[C@H]2C[C@H](O)[C@@H](CO)O2)cc1. The topological polar surface area (TPSA) is 156 Å². The Bertz CT molecular complexity index is 1100. The van der Waals surface area contributed by atoms with E-state index >= 15 is 0 Å². The number of ketones is 1. The van der Waals surface area contributed by atoms with Crippen molar-refractivity contribution in [1.82, 2.24) is 19.5 Å². The fraction of sp³-hybridized carbons (Fsp3) is 0.333. The number of rotatable bonds is 4. The van der Waals surface area contributed by atoms with Crippen LogP contribution >= 0.6 is 0 Å². The van der Waals surface area contributed by atoms with Crippen molar-refractivity contribution >= 4 is 22.9 Å². The second-order valence-corrected chi connectivity index (χ2v) is 6.68. The third kappa shape index (κ3) is 2.97. The minimum absolute atomic E-state index is 0.0704. The molecule has 1 fully saturated rings. The van der Waals surface area contributed by atoms with Crippen LogP contribution in [-0.2, 0) is 4.74 Å². The number of H-pyrrole nitrogens is 1. The minimum Gasteiger partial charge on any atom is -0.394 e. The van der Waals surface area contributed by atoms with Crippen molar-refractivity contribution in [2.75, 3.05) is 12.3 Å². The van der Waals surface area contributed by atoms with Crippen molar-refractivity contribution < 1.29 is 19.7 Å². The second-order valence-electron chi connectivity index (χ2n) is 6.68. The third-order valence-electron chi connectivity index (χ3n) is 4.79. The number of aliphatic hydroxyl groups excluding tert-OH is 2. The van der Waals surface area contributed by atoms with Crippen LogP contribution in [0.2, 0.25) is 0 Å². The summed E-state index contributed by atoms with van der Waals surface area (Å²) < 4.78 is 7.34. The molecule has 3 aromatic rings. The Labute approximate surface area is 158 Å². The summed E-state index contributed by atoms with van der Waals surface area (Å²) in [7, 11) is 0. The number of aliphatic hydroxyl groups is 2. The first-order valence-corrected chi connectivity index (χ1v) is 8.72. The van der Waals surface area contributed by atoms with Crippen molar-refractivity contribution in [3.05, 3.63) is 40.2 Å². The molecule has 1 aliphatic heterocycles. The van der Waals surface area contributed by atoms with Crippen molar-refractivity contribution in [1.29, 1.82) is 0 Å². The molecule has 0 radical (unpaired) electrons. The second kappa shape index (κ2) is 6.82. The standard InChI is InChI=1S/C18H19N5O5/c1-8(25)9-2-4-10(5-3-9)15-20-14-16(21-18(19)22-17(14)27)23(15)13-6-11(26)12(7-24)28-13/h2-5,11-13,24,26H,6-7H2,1H3,(H3,19,21,22,27)/t11-,12+,13+/m0/s1. The average Bonchev–Trinajstić information content (AvgIpc) is 3.22. The first kappa shape index (κ1) is 18.3. The molecule has 0 aliphatic carbocycles. The minimum atomic E-state index is -0.875. The molecule has 0 amide bonds. The number of carbonyl (C=O) groups excluding carboxylic acids is 1. The van der Waals surface area contributed by atoms with E-state index in [0.717, 1.165) is 0 Å². The molecule has 3 atom stereocenters. The third-order valence-corrected chi connectivity index (χ3v) is 4.79. The number of nitrogen functional groups attached to an aromatic ring is 1. The summed E-state index contributed by atoms with van der Waals surface area (Å²) in [6.45, 7) is 1.13. The number of imidazole rings is 1. The van der Waals surface area contributed by atoms with E-state index in [1.165, 1.54) is 6.92 Å². The van der Waals surface area contributed by atoms with Crippen LogP contribution in [0.3, 0.4) is 0 Å². The summed E-state index contributed by atoms with van der Waals surface area (Å²) >= 11 is 0. The van der Waals surface area contributed by atoms with Crippen LogP contribution in [-0.4, -0.2) is 54.3 Å². The number of ether oxygens (including phenoxy) is 1. The number of Topliss-reactive ketones (excluding diaryl/α,β-unsaturated/α-hetero) is 1. The van der Waals surface area contributed by atoms with Gasteiger partial charge in [-0.25, -0.2) is 4.98 Å². The fourth-order valence-electron chi connectivity index (χ4n) is 3.37. The van der Waals surface area contributed by atoms with Gasteiger partial charge >= 0.3 is 0 Å². The van der Waals surface area contributed by atoms with Crippen LogP contribution in [0.25, 0.3) is 22.6 Å². The summed E-state index contributed by atoms with van der Waals surface area (Å²) in [6, 6.07) is 6.74. The maximum absolute atomic E-state index is 12.3. The number of fused-ring (bicyclic) bond motifs is 1. The van der Waals surface area contributed by atoms with Gasteiger partial charge in [0.1, 0.15) is 18.2 Å². The van der Waals surface area contributed by atoms with E-state index in [-0.39, 0.29) is 35.9 Å². The number of aromatic amines is 1. The Balaban J connectivity index is 1.91. The van der Waals surface area contributed by atoms with E-state index in [1.807, 2.05) is 0 Å². The van der Waals surface area contributed by atoms with Gasteiger partial charge in [0.05, 0.1) is 12.7 Å². The summed E-state index contributed by atoms with van der Waals surface area (Å²) in [5.74, 6) is 0.234. The van der Waals surface area contributed by atoms with Crippen molar-refractivity contribution in [3.63, 3.8) is 0 Å². The van der Waals surface area contributed by atoms with Gasteiger partial charge in [0.15, 0.2) is 16.9 Å². The molecule has 146 valence electrons. The predicted molar refractivity (Wildman–Crippen MR) is 99.6 cm³/mol. The Kier molecular flexibility index (Phi) is 4.46. The molecule has 1 aromatic carbocycles. The molecule has 0 unspecified atom stereocenters. The van der Waals surface area contributed by atoms with Crippen LogP contribution in [0.1, 0.15) is 29.9 Å². The monoisotopic (exact) mass is 385 g/mol. The van der Waals surface area contributed by atoms with E-state index in [4.69, 9.17) is 10.5 Å². The van der Waals surface area contributed by atoms with Gasteiger partial charge in [0, 0.05) is 17.5 Å². The van der Waals surface area contributed by atoms with Crippen molar-refractivity contribution in [2.45, 2.75) is 31.8 Å². The Morgan fingerprint density at radius 3 is 2.68 bits per heavy atom. The maximum Gasteiger partial charge on any atom is 0.280 e. The number of aromatic nitrogens is 4. The normalized spacial score (nSPS) is 22.0. The van der Waals surface area contributed by atoms with Crippen molar-refractivity contribution in [2.24, 2.45) is 0 Å². The van der Waals surface area contributed by atoms with Gasteiger partial charge in [-0.15, -0.1) is 0 Å². The lowest BCUT2D eigenvalue weighted by Gasteiger charge is -2.17. The number of benzene rings is 1. The highest BCUT2D eigenvalue weighted by atomic mass is 16.5. The van der Waals surface area contributed by atoms with Gasteiger partial charge in [0.2, 0.25) is 5.95 Å². The Morgan fingerprint density at radius 2 is 2.07 bits per heavy atom. The van der Waals surface area contributed by atoms with Crippen LogP contribution in [0.5, 0.6) is 0 Å². The summed E-state index contributed by atoms with van der Waals surface area (Å²) in [5, 5.41) is 19.5. The molecule has 0 spiro atoms. The number of nitrogens with one attached hydrogen (secondary N) is 1. The van der Waals surface area contributed by atoms with Crippen molar-refractivity contribution in [3.8, 4) is 11.4 Å². The number of carbonyl (C=O) groups is 1. The zero-order chi connectivity index (χ0) is 20.0. The molecule has 3 heterocycles. The predicted octanol–water partition coefficient (Wildman–Crippen LogP) is 0.212. The van der Waals surface area contributed by atoms with E-state index in [1.54, 1.807) is 28.8 Å². The highest BCUT2D eigenvalue weighted by molar-refractivity contribution is 5.94. The van der Waals surface area contributed by atoms with Crippen LogP contribution < -0.4 is 11.3 Å². The highest BCUT2D eigenvalue weighted by Crippen LogP contribution is 2.35. The zero-order valence-corrected chi connectivity index (χ0v) is 15.0. The number of hydrogen-bond acceptors (Lipinski definition) is 8. The lowest BCUT2D eigenvalue weighted by molar-refractivity contribution is -0.0426. The van der Waals surface area contributed by atoms with Gasteiger partial charge in [-0.2, -0.15) is 4.98 Å². The van der Waals surface area contributed by atoms with Gasteiger partial charge in [0.25, 0.3) is 5.56 Å².